The van der Waals surface area contributed by atoms with Crippen molar-refractivity contribution < 1.29 is 17.6 Å². The molecule has 0 radical (unpaired) electrons. The largest absolute Gasteiger partial charge is 0.444 e. The van der Waals surface area contributed by atoms with E-state index < -0.39 is 10.0 Å². The summed E-state index contributed by atoms with van der Waals surface area (Å²) in [6, 6.07) is 15.7. The third-order valence-electron chi connectivity index (χ3n) is 5.15. The number of piperazine rings is 1. The molecule has 2 heterocycles. The molecule has 8 nitrogen and oxygen atoms in total. The van der Waals surface area contributed by atoms with Gasteiger partial charge in [0.1, 0.15) is 6.26 Å². The Kier molecular flexibility index (Phi) is 6.17. The highest BCUT2D eigenvalue weighted by Gasteiger charge is 2.27. The molecule has 1 amide bonds. The van der Waals surface area contributed by atoms with E-state index in [4.69, 9.17) is 4.42 Å². The highest BCUT2D eigenvalue weighted by molar-refractivity contribution is 7.89. The zero-order chi connectivity index (χ0) is 21.8. The Hall–Kier alpha value is -3.01. The fourth-order valence-corrected chi connectivity index (χ4v) is 4.78. The first-order valence-electron chi connectivity index (χ1n) is 10.0. The smallest absolute Gasteiger partial charge is 0.243 e. The lowest BCUT2D eigenvalue weighted by Gasteiger charge is -2.31. The molecular formula is C22H24N4O4S. The predicted octanol–water partition coefficient (Wildman–Crippen LogP) is 2.46. The SMILES string of the molecule is CN1CCN(S(=O)(=O)c2ccc(NC(=O)Cc3coc(-c4ccccc4)n3)cc2)CC1. The molecule has 0 unspecified atom stereocenters. The molecule has 4 rings (SSSR count). The zero-order valence-corrected chi connectivity index (χ0v) is 18.0. The number of hydrogen-bond acceptors (Lipinski definition) is 6. The van der Waals surface area contributed by atoms with Crippen molar-refractivity contribution in [2.75, 3.05) is 38.5 Å². The van der Waals surface area contributed by atoms with E-state index in [1.54, 1.807) is 12.1 Å². The third-order valence-corrected chi connectivity index (χ3v) is 7.07. The Morgan fingerprint density at radius 3 is 2.39 bits per heavy atom. The van der Waals surface area contributed by atoms with Crippen molar-refractivity contribution in [2.24, 2.45) is 0 Å². The number of sulfonamides is 1. The lowest BCUT2D eigenvalue weighted by atomic mass is 10.2. The molecule has 1 aliphatic rings. The van der Waals surface area contributed by atoms with Crippen molar-refractivity contribution in [1.82, 2.24) is 14.2 Å². The molecule has 9 heteroatoms. The van der Waals surface area contributed by atoms with Gasteiger partial charge in [0.05, 0.1) is 17.0 Å². The second-order valence-electron chi connectivity index (χ2n) is 7.47. The first-order valence-corrected chi connectivity index (χ1v) is 11.4. The van der Waals surface area contributed by atoms with Crippen LogP contribution >= 0.6 is 0 Å². The second-order valence-corrected chi connectivity index (χ2v) is 9.40. The number of likely N-dealkylation sites (N-methyl/N-ethyl adjacent to an activating group) is 1. The van der Waals surface area contributed by atoms with Gasteiger partial charge >= 0.3 is 0 Å². The Balaban J connectivity index is 1.37. The monoisotopic (exact) mass is 440 g/mol. The zero-order valence-electron chi connectivity index (χ0n) is 17.2. The summed E-state index contributed by atoms with van der Waals surface area (Å²) in [5, 5.41) is 2.77. The number of carbonyl (C=O) groups excluding carboxylic acids is 1. The van der Waals surface area contributed by atoms with E-state index >= 15 is 0 Å². The van der Waals surface area contributed by atoms with Crippen LogP contribution < -0.4 is 5.32 Å². The number of carbonyl (C=O) groups is 1. The van der Waals surface area contributed by atoms with Crippen LogP contribution in [-0.2, 0) is 21.2 Å². The summed E-state index contributed by atoms with van der Waals surface area (Å²) in [6.45, 7) is 2.36. The minimum absolute atomic E-state index is 0.0533. The number of oxazole rings is 1. The van der Waals surface area contributed by atoms with Crippen LogP contribution in [0.4, 0.5) is 5.69 Å². The maximum Gasteiger partial charge on any atom is 0.243 e. The molecule has 2 aromatic carbocycles. The van der Waals surface area contributed by atoms with Gasteiger partial charge in [-0.3, -0.25) is 4.79 Å². The predicted molar refractivity (Wildman–Crippen MR) is 117 cm³/mol. The summed E-state index contributed by atoms with van der Waals surface area (Å²) in [6.07, 6.45) is 1.52. The van der Waals surface area contributed by atoms with Crippen molar-refractivity contribution in [1.29, 1.82) is 0 Å². The van der Waals surface area contributed by atoms with Gasteiger partial charge in [-0.15, -0.1) is 0 Å². The van der Waals surface area contributed by atoms with Crippen LogP contribution in [0.2, 0.25) is 0 Å². The molecule has 162 valence electrons. The first-order chi connectivity index (χ1) is 14.9. The van der Waals surface area contributed by atoms with E-state index in [1.165, 1.54) is 22.7 Å². The van der Waals surface area contributed by atoms with Gasteiger partial charge in [0, 0.05) is 37.4 Å². The fourth-order valence-electron chi connectivity index (χ4n) is 3.36. The number of aromatic nitrogens is 1. The summed E-state index contributed by atoms with van der Waals surface area (Å²) in [5.74, 6) is 0.199. The molecular weight excluding hydrogens is 416 g/mol. The van der Waals surface area contributed by atoms with Crippen molar-refractivity contribution in [3.8, 4) is 11.5 Å². The third kappa shape index (κ3) is 5.01. The maximum atomic E-state index is 12.8. The summed E-state index contributed by atoms with van der Waals surface area (Å²) in [5.41, 5.74) is 1.88. The second kappa shape index (κ2) is 9.01. The van der Waals surface area contributed by atoms with E-state index in [1.807, 2.05) is 37.4 Å². The number of rotatable bonds is 6. The fraction of sp³-hybridized carbons (Fsp3) is 0.273. The van der Waals surface area contributed by atoms with Crippen LogP contribution in [0.25, 0.3) is 11.5 Å². The molecule has 0 saturated carbocycles. The first kappa shape index (κ1) is 21.2. The molecule has 3 aromatic rings. The Labute approximate surface area is 181 Å². The normalized spacial score (nSPS) is 15.6. The van der Waals surface area contributed by atoms with Gasteiger partial charge in [-0.2, -0.15) is 4.31 Å². The number of anilines is 1. The molecule has 0 atom stereocenters. The summed E-state index contributed by atoms with van der Waals surface area (Å²) in [7, 11) is -1.56. The molecule has 1 saturated heterocycles. The van der Waals surface area contributed by atoms with E-state index in [-0.39, 0.29) is 17.2 Å². The molecule has 1 fully saturated rings. The van der Waals surface area contributed by atoms with Crippen molar-refractivity contribution >= 4 is 21.6 Å². The highest BCUT2D eigenvalue weighted by Crippen LogP contribution is 2.21. The standard InChI is InChI=1S/C22H24N4O4S/c1-25-11-13-26(14-12-25)31(28,29)20-9-7-18(8-10-20)23-21(27)15-19-16-30-22(24-19)17-5-3-2-4-6-17/h2-10,16H,11-15H2,1H3,(H,23,27). The van der Waals surface area contributed by atoms with Crippen LogP contribution in [0.15, 0.2) is 70.2 Å². The highest BCUT2D eigenvalue weighted by atomic mass is 32.2. The molecule has 1 N–H and O–H groups in total. The van der Waals surface area contributed by atoms with Crippen molar-refractivity contribution in [3.63, 3.8) is 0 Å². The molecule has 0 bridgehead atoms. The van der Waals surface area contributed by atoms with E-state index in [2.05, 4.69) is 15.2 Å². The van der Waals surface area contributed by atoms with Crippen LogP contribution in [0.3, 0.4) is 0 Å². The molecule has 31 heavy (non-hydrogen) atoms. The van der Waals surface area contributed by atoms with Gasteiger partial charge in [0.25, 0.3) is 0 Å². The van der Waals surface area contributed by atoms with Crippen molar-refractivity contribution in [3.05, 3.63) is 66.6 Å². The van der Waals surface area contributed by atoms with Gasteiger partial charge in [0.15, 0.2) is 0 Å². The molecule has 0 aliphatic carbocycles. The van der Waals surface area contributed by atoms with E-state index in [0.717, 1.165) is 5.56 Å². The number of hydrogen-bond donors (Lipinski definition) is 1. The average molecular weight is 441 g/mol. The van der Waals surface area contributed by atoms with Gasteiger partial charge < -0.3 is 14.6 Å². The van der Waals surface area contributed by atoms with Crippen LogP contribution in [0.1, 0.15) is 5.69 Å². The van der Waals surface area contributed by atoms with Crippen molar-refractivity contribution in [2.45, 2.75) is 11.3 Å². The summed E-state index contributed by atoms with van der Waals surface area (Å²) in [4.78, 5) is 19.0. The number of nitrogens with zero attached hydrogens (tertiary/aromatic N) is 3. The Bertz CT molecular complexity index is 1140. The Morgan fingerprint density at radius 2 is 1.71 bits per heavy atom. The lowest BCUT2D eigenvalue weighted by Crippen LogP contribution is -2.46. The van der Waals surface area contributed by atoms with Gasteiger partial charge in [-0.1, -0.05) is 18.2 Å². The average Bonchev–Trinajstić information content (AvgIpc) is 3.23. The van der Waals surface area contributed by atoms with Crippen LogP contribution in [0, 0.1) is 0 Å². The van der Waals surface area contributed by atoms with E-state index in [0.29, 0.717) is 43.5 Å². The molecule has 0 spiro atoms. The van der Waals surface area contributed by atoms with Gasteiger partial charge in [-0.05, 0) is 43.4 Å². The lowest BCUT2D eigenvalue weighted by molar-refractivity contribution is -0.115. The number of amides is 1. The summed E-state index contributed by atoms with van der Waals surface area (Å²) < 4.78 is 32.5. The van der Waals surface area contributed by atoms with Crippen LogP contribution in [-0.4, -0.2) is 61.7 Å². The number of nitrogens with one attached hydrogen (secondary N) is 1. The molecule has 1 aromatic heterocycles. The van der Waals surface area contributed by atoms with Gasteiger partial charge in [-0.25, -0.2) is 13.4 Å². The Morgan fingerprint density at radius 1 is 1.03 bits per heavy atom. The summed E-state index contributed by atoms with van der Waals surface area (Å²) >= 11 is 0. The molecule has 1 aliphatic heterocycles. The maximum absolute atomic E-state index is 12.8. The van der Waals surface area contributed by atoms with E-state index in [9.17, 15) is 13.2 Å². The number of benzene rings is 2. The van der Waals surface area contributed by atoms with Gasteiger partial charge in [0.2, 0.25) is 21.8 Å². The van der Waals surface area contributed by atoms with Crippen LogP contribution in [0.5, 0.6) is 0 Å². The minimum Gasteiger partial charge on any atom is -0.444 e. The minimum atomic E-state index is -3.53. The quantitative estimate of drug-likeness (QED) is 0.633. The topological polar surface area (TPSA) is 95.8 Å².